The molecule has 2 aliphatic rings. The number of hydrogen-bond acceptors (Lipinski definition) is 2. The van der Waals surface area contributed by atoms with Crippen LogP contribution >= 0.6 is 0 Å². The van der Waals surface area contributed by atoms with E-state index in [1.54, 1.807) is 12.2 Å². The second kappa shape index (κ2) is 3.83. The van der Waals surface area contributed by atoms with Crippen molar-refractivity contribution in [2.75, 3.05) is 6.54 Å². The Hall–Kier alpha value is -1.48. The second-order valence-corrected chi connectivity index (χ2v) is 3.99. The van der Waals surface area contributed by atoms with Gasteiger partial charge in [-0.3, -0.25) is 4.79 Å². The van der Waals surface area contributed by atoms with E-state index in [1.807, 2.05) is 6.08 Å². The Morgan fingerprint density at radius 1 is 1.38 bits per heavy atom. The molecule has 0 spiro atoms. The number of carbonyl (C=O) groups excluding carboxylic acids is 1. The number of aromatic amines is 1. The second-order valence-electron chi connectivity index (χ2n) is 3.99. The van der Waals surface area contributed by atoms with Crippen LogP contribution in [-0.4, -0.2) is 17.3 Å². The monoisotopic (exact) mass is 236 g/mol. The van der Waals surface area contributed by atoms with Crippen LogP contribution in [0.1, 0.15) is 19.5 Å². The third-order valence-electron chi connectivity index (χ3n) is 3.02. The van der Waals surface area contributed by atoms with Crippen molar-refractivity contribution >= 4 is 23.6 Å². The summed E-state index contributed by atoms with van der Waals surface area (Å²) in [5.74, 6) is 0.0618. The molecule has 0 amide bonds. The number of halogens is 1. The van der Waals surface area contributed by atoms with Gasteiger partial charge in [0.2, 0.25) is 0 Å². The third-order valence-corrected chi connectivity index (χ3v) is 3.02. The lowest BCUT2D eigenvalue weighted by molar-refractivity contribution is -0.109. The average Bonchev–Trinajstić information content (AvgIpc) is 2.57. The van der Waals surface area contributed by atoms with Gasteiger partial charge in [-0.25, -0.2) is 0 Å². The zero-order valence-electron chi connectivity index (χ0n) is 9.93. The first-order chi connectivity index (χ1) is 7.25. The first-order valence-corrected chi connectivity index (χ1v) is 5.15. The third kappa shape index (κ3) is 1.48. The lowest BCUT2D eigenvalue weighted by atomic mass is 10.0. The molecule has 0 saturated heterocycles. The molecule has 0 radical (unpaired) electrons. The molecular formula is C12H13ClN2O. The summed E-state index contributed by atoms with van der Waals surface area (Å²) >= 11 is 0. The number of ketones is 1. The van der Waals surface area contributed by atoms with Crippen LogP contribution in [0.5, 0.6) is 0 Å². The van der Waals surface area contributed by atoms with Crippen LogP contribution in [0.25, 0.3) is 17.8 Å². The number of H-pyrrole nitrogens is 1. The maximum absolute atomic E-state index is 11.2. The van der Waals surface area contributed by atoms with Crippen molar-refractivity contribution in [3.63, 3.8) is 0 Å². The molecule has 0 bridgehead atoms. The molecule has 1 aliphatic carbocycles. The summed E-state index contributed by atoms with van der Waals surface area (Å²) in [5.41, 5.74) is 3.69. The van der Waals surface area contributed by atoms with Crippen LogP contribution in [-0.2, 0) is 11.2 Å². The number of fused-ring (bicyclic) bond motifs is 3. The predicted molar refractivity (Wildman–Crippen MR) is 60.4 cm³/mol. The highest BCUT2D eigenvalue weighted by Gasteiger charge is 2.15. The Kier molecular flexibility index (Phi) is 2.64. The Morgan fingerprint density at radius 2 is 2.19 bits per heavy atom. The largest absolute Gasteiger partial charge is 1.00 e. The highest BCUT2D eigenvalue weighted by atomic mass is 35.5. The summed E-state index contributed by atoms with van der Waals surface area (Å²) < 4.78 is 0. The summed E-state index contributed by atoms with van der Waals surface area (Å²) in [5, 5.41) is 5.43. The van der Waals surface area contributed by atoms with Crippen molar-refractivity contribution in [2.45, 2.75) is 13.3 Å². The number of hydrogen-bond donors (Lipinski definition) is 2. The number of aromatic nitrogens is 1. The van der Waals surface area contributed by atoms with Gasteiger partial charge < -0.3 is 22.7 Å². The number of carbonyl (C=O) groups is 1. The average molecular weight is 237 g/mol. The van der Waals surface area contributed by atoms with E-state index in [1.165, 1.54) is 16.8 Å². The molecular weight excluding hydrogens is 224 g/mol. The fourth-order valence-corrected chi connectivity index (χ4v) is 2.28. The fraction of sp³-hybridized carbons (Fsp3) is 0.250. The molecule has 1 aromatic heterocycles. The molecule has 1 aromatic rings. The van der Waals surface area contributed by atoms with E-state index in [2.05, 4.69) is 17.2 Å². The molecule has 16 heavy (non-hydrogen) atoms. The lowest BCUT2D eigenvalue weighted by Crippen LogP contribution is -3.00. The van der Waals surface area contributed by atoms with Crippen molar-refractivity contribution < 1.29 is 18.6 Å². The molecule has 1 aliphatic heterocycles. The molecule has 0 fully saturated rings. The van der Waals surface area contributed by atoms with E-state index in [4.69, 9.17) is 0 Å². The van der Waals surface area contributed by atoms with E-state index in [-0.39, 0.29) is 19.6 Å². The maximum atomic E-state index is 11.2. The van der Waals surface area contributed by atoms with Gasteiger partial charge in [0.25, 0.3) is 0 Å². The standard InChI is InChI=1S/C12H12N2O.ClH/c1-7-12-10(4-5-13-7)9-3-2-8(15)6-11(9)14-12;/h2-3,6,13-14H,4-5H2,1H3;1H. The van der Waals surface area contributed by atoms with E-state index in [9.17, 15) is 4.79 Å². The molecule has 0 atom stereocenters. The topological polar surface area (TPSA) is 44.9 Å². The number of nitrogens with one attached hydrogen (secondary N) is 2. The van der Waals surface area contributed by atoms with E-state index in [0.717, 1.165) is 23.7 Å². The van der Waals surface area contributed by atoms with Crippen molar-refractivity contribution in [3.8, 4) is 0 Å². The van der Waals surface area contributed by atoms with Crippen LogP contribution in [0.4, 0.5) is 0 Å². The Morgan fingerprint density at radius 3 is 3.00 bits per heavy atom. The normalized spacial score (nSPS) is 16.8. The van der Waals surface area contributed by atoms with Gasteiger partial charge in [-0.15, -0.1) is 0 Å². The minimum Gasteiger partial charge on any atom is -1.00 e. The quantitative estimate of drug-likeness (QED) is 0.498. The molecule has 0 unspecified atom stereocenters. The highest BCUT2D eigenvalue weighted by molar-refractivity contribution is 6.16. The predicted octanol–water partition coefficient (Wildman–Crippen LogP) is -3.22. The molecule has 2 N–H and O–H groups in total. The van der Waals surface area contributed by atoms with E-state index < -0.39 is 0 Å². The first-order valence-electron chi connectivity index (χ1n) is 5.15. The molecule has 84 valence electrons. The van der Waals surface area contributed by atoms with Crippen molar-refractivity contribution in [2.24, 2.45) is 0 Å². The van der Waals surface area contributed by atoms with Crippen LogP contribution < -0.4 is 28.4 Å². The van der Waals surface area contributed by atoms with Crippen LogP contribution in [0.3, 0.4) is 0 Å². The molecule has 4 heteroatoms. The SMILES string of the molecule is CC1=c2[nH]c3c(c2CCN1)C=CC(=O)C=3.[Cl-].[H+]. The zero-order valence-corrected chi connectivity index (χ0v) is 9.69. The molecule has 2 heterocycles. The summed E-state index contributed by atoms with van der Waals surface area (Å²) in [7, 11) is 0. The van der Waals surface area contributed by atoms with Gasteiger partial charge in [0.05, 0.1) is 10.7 Å². The van der Waals surface area contributed by atoms with Gasteiger partial charge >= 0.3 is 1.43 Å². The summed E-state index contributed by atoms with van der Waals surface area (Å²) in [4.78, 5) is 14.5. The Labute approximate surface area is 101 Å². The zero-order chi connectivity index (χ0) is 10.4. The number of allylic oxidation sites excluding steroid dienone is 1. The van der Waals surface area contributed by atoms with Gasteiger partial charge in [0.1, 0.15) is 0 Å². The number of rotatable bonds is 0. The first kappa shape index (κ1) is 11.0. The van der Waals surface area contributed by atoms with Gasteiger partial charge in [-0.1, -0.05) is 0 Å². The van der Waals surface area contributed by atoms with Crippen molar-refractivity contribution in [1.82, 2.24) is 10.3 Å². The fourth-order valence-electron chi connectivity index (χ4n) is 2.28. The van der Waals surface area contributed by atoms with E-state index >= 15 is 0 Å². The maximum Gasteiger partial charge on any atom is 1.00 e. The summed E-state index contributed by atoms with van der Waals surface area (Å²) in [6.45, 7) is 3.04. The van der Waals surface area contributed by atoms with Gasteiger partial charge in [-0.05, 0) is 31.1 Å². The van der Waals surface area contributed by atoms with Crippen LogP contribution in [0, 0.1) is 0 Å². The molecule has 3 nitrogen and oxygen atoms in total. The molecule has 3 rings (SSSR count). The van der Waals surface area contributed by atoms with E-state index in [0.29, 0.717) is 0 Å². The summed E-state index contributed by atoms with van der Waals surface area (Å²) in [6, 6.07) is 0. The minimum atomic E-state index is 0. The van der Waals surface area contributed by atoms with Gasteiger partial charge in [0, 0.05) is 23.9 Å². The lowest BCUT2D eigenvalue weighted by Gasteiger charge is -2.12. The van der Waals surface area contributed by atoms with Crippen LogP contribution in [0.2, 0.25) is 0 Å². The Bertz CT molecular complexity index is 601. The molecule has 0 aromatic carbocycles. The van der Waals surface area contributed by atoms with Gasteiger partial charge in [-0.2, -0.15) is 0 Å². The van der Waals surface area contributed by atoms with Crippen LogP contribution in [0.15, 0.2) is 6.08 Å². The van der Waals surface area contributed by atoms with Gasteiger partial charge in [0.15, 0.2) is 5.78 Å². The minimum absolute atomic E-state index is 0. The van der Waals surface area contributed by atoms with Crippen molar-refractivity contribution in [3.05, 3.63) is 27.9 Å². The Balaban J connectivity index is 0.000000722. The van der Waals surface area contributed by atoms with Crippen molar-refractivity contribution in [1.29, 1.82) is 0 Å². The smallest absolute Gasteiger partial charge is 1.00 e. The highest BCUT2D eigenvalue weighted by Crippen LogP contribution is 2.09. The summed E-state index contributed by atoms with van der Waals surface area (Å²) in [6.07, 6.45) is 6.24. The molecule has 0 saturated carbocycles.